The summed E-state index contributed by atoms with van der Waals surface area (Å²) < 4.78 is 0.991. The quantitative estimate of drug-likeness (QED) is 0.874. The maximum absolute atomic E-state index is 9.61. The number of benzene rings is 1. The Morgan fingerprint density at radius 3 is 2.67 bits per heavy atom. The molecule has 0 aliphatic carbocycles. The molecule has 2 rings (SSSR count). The van der Waals surface area contributed by atoms with Crippen LogP contribution in [0.15, 0.2) is 22.7 Å². The predicted molar refractivity (Wildman–Crippen MR) is 80.7 cm³/mol. The molecule has 1 aliphatic heterocycles. The molecule has 18 heavy (non-hydrogen) atoms. The van der Waals surface area contributed by atoms with Crippen LogP contribution in [0.5, 0.6) is 0 Å². The molecule has 102 valence electrons. The number of nitrogens with one attached hydrogen (secondary N) is 1. The molecule has 3 nitrogen and oxygen atoms in total. The highest BCUT2D eigenvalue weighted by atomic mass is 79.9. The van der Waals surface area contributed by atoms with Gasteiger partial charge in [-0.2, -0.15) is 0 Å². The minimum Gasteiger partial charge on any atom is -0.394 e. The lowest BCUT2D eigenvalue weighted by molar-refractivity contribution is 0.111. The minimum absolute atomic E-state index is 0. The van der Waals surface area contributed by atoms with Crippen LogP contribution in [-0.4, -0.2) is 42.8 Å². The molecular formula is C12H17BrCl2N2O. The van der Waals surface area contributed by atoms with Crippen molar-refractivity contribution in [3.8, 4) is 0 Å². The van der Waals surface area contributed by atoms with E-state index in [4.69, 9.17) is 11.6 Å². The van der Waals surface area contributed by atoms with Crippen molar-refractivity contribution < 1.29 is 5.11 Å². The molecule has 0 unspecified atom stereocenters. The third-order valence-corrected chi connectivity index (χ3v) is 3.92. The Morgan fingerprint density at radius 1 is 1.39 bits per heavy atom. The third-order valence-electron chi connectivity index (χ3n) is 3.08. The zero-order chi connectivity index (χ0) is 12.3. The van der Waals surface area contributed by atoms with Gasteiger partial charge in [0.05, 0.1) is 12.6 Å². The van der Waals surface area contributed by atoms with Gasteiger partial charge < -0.3 is 10.4 Å². The largest absolute Gasteiger partial charge is 0.394 e. The Labute approximate surface area is 127 Å². The van der Waals surface area contributed by atoms with E-state index in [2.05, 4.69) is 26.1 Å². The lowest BCUT2D eigenvalue weighted by Gasteiger charge is -2.34. The van der Waals surface area contributed by atoms with Crippen molar-refractivity contribution in [1.29, 1.82) is 0 Å². The fourth-order valence-electron chi connectivity index (χ4n) is 2.17. The molecule has 0 spiro atoms. The molecular weight excluding hydrogens is 339 g/mol. The summed E-state index contributed by atoms with van der Waals surface area (Å²) in [4.78, 5) is 2.27. The molecule has 0 aromatic heterocycles. The van der Waals surface area contributed by atoms with Gasteiger partial charge in [0.1, 0.15) is 0 Å². The first-order chi connectivity index (χ1) is 8.22. The van der Waals surface area contributed by atoms with Gasteiger partial charge in [0.2, 0.25) is 0 Å². The van der Waals surface area contributed by atoms with Gasteiger partial charge in [0.15, 0.2) is 0 Å². The van der Waals surface area contributed by atoms with Gasteiger partial charge in [-0.05, 0) is 23.8 Å². The number of aliphatic hydroxyl groups excluding tert-OH is 1. The second-order valence-corrected chi connectivity index (χ2v) is 5.47. The molecule has 1 atom stereocenters. The van der Waals surface area contributed by atoms with Gasteiger partial charge in [-0.1, -0.05) is 27.5 Å². The van der Waals surface area contributed by atoms with Crippen LogP contribution in [-0.2, 0) is 0 Å². The topological polar surface area (TPSA) is 35.5 Å². The van der Waals surface area contributed by atoms with Gasteiger partial charge in [-0.25, -0.2) is 0 Å². The highest BCUT2D eigenvalue weighted by Crippen LogP contribution is 2.30. The first kappa shape index (κ1) is 16.2. The zero-order valence-electron chi connectivity index (χ0n) is 9.90. The van der Waals surface area contributed by atoms with E-state index in [1.807, 2.05) is 18.2 Å². The summed E-state index contributed by atoms with van der Waals surface area (Å²) >= 11 is 9.66. The van der Waals surface area contributed by atoms with Crippen LogP contribution < -0.4 is 5.32 Å². The molecule has 6 heteroatoms. The van der Waals surface area contributed by atoms with Crippen molar-refractivity contribution in [2.24, 2.45) is 0 Å². The van der Waals surface area contributed by atoms with Crippen LogP contribution in [0.3, 0.4) is 0 Å². The number of aliphatic hydroxyl groups is 1. The predicted octanol–water partition coefficient (Wildman–Crippen LogP) is 2.46. The number of nitrogens with zero attached hydrogens (tertiary/aromatic N) is 1. The third kappa shape index (κ3) is 3.83. The molecule has 1 aliphatic rings. The van der Waals surface area contributed by atoms with E-state index < -0.39 is 0 Å². The summed E-state index contributed by atoms with van der Waals surface area (Å²) in [6, 6.07) is 5.76. The van der Waals surface area contributed by atoms with Gasteiger partial charge >= 0.3 is 0 Å². The molecule has 0 amide bonds. The molecule has 1 heterocycles. The monoisotopic (exact) mass is 354 g/mol. The first-order valence-electron chi connectivity index (χ1n) is 5.73. The summed E-state index contributed by atoms with van der Waals surface area (Å²) in [7, 11) is 0. The van der Waals surface area contributed by atoms with Crippen LogP contribution in [0.2, 0.25) is 5.02 Å². The van der Waals surface area contributed by atoms with Crippen molar-refractivity contribution in [3.05, 3.63) is 33.3 Å². The minimum atomic E-state index is -0.0119. The van der Waals surface area contributed by atoms with E-state index in [1.165, 1.54) is 0 Å². The Kier molecular flexibility index (Phi) is 6.92. The molecule has 0 bridgehead atoms. The second-order valence-electron chi connectivity index (χ2n) is 4.15. The molecule has 0 radical (unpaired) electrons. The Morgan fingerprint density at radius 2 is 2.06 bits per heavy atom. The summed E-state index contributed by atoms with van der Waals surface area (Å²) in [5.41, 5.74) is 0.991. The van der Waals surface area contributed by atoms with Crippen LogP contribution in [0.25, 0.3) is 0 Å². The van der Waals surface area contributed by atoms with E-state index in [0.29, 0.717) is 5.02 Å². The number of piperazine rings is 1. The molecule has 1 aromatic rings. The SMILES string of the molecule is Cl.OC[C@@H](c1cc(Br)ccc1Cl)N1CCNCC1. The van der Waals surface area contributed by atoms with Crippen LogP contribution in [0.4, 0.5) is 0 Å². The van der Waals surface area contributed by atoms with Crippen molar-refractivity contribution in [2.75, 3.05) is 32.8 Å². The maximum atomic E-state index is 9.61. The molecule has 1 saturated heterocycles. The van der Waals surface area contributed by atoms with Crippen molar-refractivity contribution in [3.63, 3.8) is 0 Å². The normalized spacial score (nSPS) is 18.2. The summed E-state index contributed by atoms with van der Waals surface area (Å²) in [6.45, 7) is 3.89. The smallest absolute Gasteiger partial charge is 0.0629 e. The number of hydrogen-bond donors (Lipinski definition) is 2. The molecule has 1 aromatic carbocycles. The van der Waals surface area contributed by atoms with Crippen LogP contribution in [0.1, 0.15) is 11.6 Å². The van der Waals surface area contributed by atoms with E-state index in [0.717, 1.165) is 36.2 Å². The Balaban J connectivity index is 0.00000162. The van der Waals surface area contributed by atoms with E-state index >= 15 is 0 Å². The summed E-state index contributed by atoms with van der Waals surface area (Å²) in [5, 5.41) is 13.6. The number of rotatable bonds is 3. The molecule has 2 N–H and O–H groups in total. The van der Waals surface area contributed by atoms with E-state index in [-0.39, 0.29) is 25.1 Å². The lowest BCUT2D eigenvalue weighted by Crippen LogP contribution is -2.46. The summed E-state index contributed by atoms with van der Waals surface area (Å²) in [6.07, 6.45) is 0. The van der Waals surface area contributed by atoms with Gasteiger partial charge in [0, 0.05) is 35.7 Å². The van der Waals surface area contributed by atoms with E-state index in [1.54, 1.807) is 0 Å². The number of halogens is 3. The second kappa shape index (κ2) is 7.68. The van der Waals surface area contributed by atoms with Crippen LogP contribution >= 0.6 is 39.9 Å². The standard InChI is InChI=1S/C12H16BrClN2O.ClH/c13-9-1-2-11(14)10(7-9)12(8-17)16-5-3-15-4-6-16;/h1-2,7,12,15,17H,3-6,8H2;1H/t12-;/m0./s1. The highest BCUT2D eigenvalue weighted by Gasteiger charge is 2.23. The van der Waals surface area contributed by atoms with Crippen molar-refractivity contribution >= 4 is 39.9 Å². The van der Waals surface area contributed by atoms with E-state index in [9.17, 15) is 5.11 Å². The fourth-order valence-corrected chi connectivity index (χ4v) is 2.80. The average molecular weight is 356 g/mol. The summed E-state index contributed by atoms with van der Waals surface area (Å²) in [5.74, 6) is 0. The molecule has 1 fully saturated rings. The Bertz CT molecular complexity index is 386. The van der Waals surface area contributed by atoms with Gasteiger partial charge in [-0.3, -0.25) is 4.90 Å². The van der Waals surface area contributed by atoms with Gasteiger partial charge in [0.25, 0.3) is 0 Å². The van der Waals surface area contributed by atoms with Crippen molar-refractivity contribution in [1.82, 2.24) is 10.2 Å². The Hall–Kier alpha value is 0.160. The zero-order valence-corrected chi connectivity index (χ0v) is 13.1. The fraction of sp³-hybridized carbons (Fsp3) is 0.500. The molecule has 0 saturated carbocycles. The lowest BCUT2D eigenvalue weighted by atomic mass is 10.1. The van der Waals surface area contributed by atoms with Crippen LogP contribution in [0, 0.1) is 0 Å². The van der Waals surface area contributed by atoms with Gasteiger partial charge in [-0.15, -0.1) is 12.4 Å². The van der Waals surface area contributed by atoms with Crippen molar-refractivity contribution in [2.45, 2.75) is 6.04 Å². The average Bonchev–Trinajstić information content (AvgIpc) is 2.36. The maximum Gasteiger partial charge on any atom is 0.0629 e. The first-order valence-corrected chi connectivity index (χ1v) is 6.90. The number of hydrogen-bond acceptors (Lipinski definition) is 3. The highest BCUT2D eigenvalue weighted by molar-refractivity contribution is 9.10.